The molecule has 3 rings (SSSR count). The van der Waals surface area contributed by atoms with Gasteiger partial charge in [0.1, 0.15) is 12.4 Å². The van der Waals surface area contributed by atoms with Gasteiger partial charge in [-0.1, -0.05) is 12.1 Å². The highest BCUT2D eigenvalue weighted by Gasteiger charge is 2.10. The molecule has 0 aliphatic carbocycles. The molecule has 7 nitrogen and oxygen atoms in total. The van der Waals surface area contributed by atoms with E-state index in [0.29, 0.717) is 11.2 Å². The Hall–Kier alpha value is -3.55. The lowest BCUT2D eigenvalue weighted by atomic mass is 10.1. The number of amides is 2. The molecular formula is C20H19FN4O3. The Labute approximate surface area is 160 Å². The van der Waals surface area contributed by atoms with E-state index in [0.717, 1.165) is 16.2 Å². The van der Waals surface area contributed by atoms with E-state index in [1.54, 1.807) is 38.4 Å². The van der Waals surface area contributed by atoms with Gasteiger partial charge in [-0.15, -0.1) is 0 Å². The molecule has 0 aliphatic heterocycles. The minimum Gasteiger partial charge on any atom is -0.349 e. The fraction of sp³-hybridized carbons (Fsp3) is 0.200. The van der Waals surface area contributed by atoms with E-state index in [-0.39, 0.29) is 24.3 Å². The number of benzene rings is 2. The summed E-state index contributed by atoms with van der Waals surface area (Å²) in [4.78, 5) is 42.0. The van der Waals surface area contributed by atoms with Gasteiger partial charge in [0.15, 0.2) is 0 Å². The third kappa shape index (κ3) is 4.40. The van der Waals surface area contributed by atoms with Crippen molar-refractivity contribution in [1.82, 2.24) is 14.5 Å². The van der Waals surface area contributed by atoms with Crippen LogP contribution < -0.4 is 10.9 Å². The molecule has 0 spiro atoms. The van der Waals surface area contributed by atoms with Crippen LogP contribution in [-0.2, 0) is 22.6 Å². The van der Waals surface area contributed by atoms with Crippen molar-refractivity contribution < 1.29 is 14.0 Å². The smallest absolute Gasteiger partial charge is 0.261 e. The summed E-state index contributed by atoms with van der Waals surface area (Å²) in [5.74, 6) is -0.977. The molecule has 3 aromatic rings. The van der Waals surface area contributed by atoms with Crippen molar-refractivity contribution in [1.29, 1.82) is 0 Å². The maximum absolute atomic E-state index is 13.4. The number of halogens is 1. The molecule has 1 aromatic heterocycles. The van der Waals surface area contributed by atoms with Crippen molar-refractivity contribution in [2.45, 2.75) is 13.0 Å². The summed E-state index contributed by atoms with van der Waals surface area (Å²) in [6, 6.07) is 10.6. The topological polar surface area (TPSA) is 84.3 Å². The average molecular weight is 382 g/mol. The molecule has 1 N–H and O–H groups in total. The van der Waals surface area contributed by atoms with Gasteiger partial charge in [0, 0.05) is 19.8 Å². The minimum absolute atomic E-state index is 0.0172. The van der Waals surface area contributed by atoms with Crippen LogP contribution in [0.25, 0.3) is 10.9 Å². The second-order valence-corrected chi connectivity index (χ2v) is 6.55. The average Bonchev–Trinajstić information content (AvgIpc) is 2.66. The predicted octanol–water partition coefficient (Wildman–Crippen LogP) is 1.80. The van der Waals surface area contributed by atoms with Gasteiger partial charge < -0.3 is 10.2 Å². The molecule has 1 heterocycles. The van der Waals surface area contributed by atoms with Gasteiger partial charge in [0.2, 0.25) is 11.8 Å². The van der Waals surface area contributed by atoms with E-state index < -0.39 is 17.3 Å². The zero-order valence-corrected chi connectivity index (χ0v) is 15.5. The molecule has 2 aromatic carbocycles. The summed E-state index contributed by atoms with van der Waals surface area (Å²) < 4.78 is 14.5. The minimum atomic E-state index is -0.540. The highest BCUT2D eigenvalue weighted by molar-refractivity contribution is 5.90. The van der Waals surface area contributed by atoms with Crippen LogP contribution >= 0.6 is 0 Å². The van der Waals surface area contributed by atoms with Crippen molar-refractivity contribution in [3.8, 4) is 0 Å². The second-order valence-electron chi connectivity index (χ2n) is 6.55. The molecule has 0 saturated heterocycles. The number of carbonyl (C=O) groups is 2. The van der Waals surface area contributed by atoms with Crippen molar-refractivity contribution >= 4 is 28.4 Å². The van der Waals surface area contributed by atoms with Gasteiger partial charge in [-0.2, -0.15) is 0 Å². The van der Waals surface area contributed by atoms with Gasteiger partial charge in [0.25, 0.3) is 5.56 Å². The largest absolute Gasteiger partial charge is 0.349 e. The fourth-order valence-electron chi connectivity index (χ4n) is 2.64. The second kappa shape index (κ2) is 7.99. The first-order chi connectivity index (χ1) is 13.3. The summed E-state index contributed by atoms with van der Waals surface area (Å²) in [7, 11) is 3.38. The van der Waals surface area contributed by atoms with E-state index in [1.165, 1.54) is 23.4 Å². The first kappa shape index (κ1) is 19.2. The quantitative estimate of drug-likeness (QED) is 0.729. The standard InChI is InChI=1S/C20H19FN4O3/c1-24(2)19(27)9-13-3-6-15(7-4-13)23-18(26)11-25-12-22-17-8-5-14(21)10-16(17)20(25)28/h3-8,10,12H,9,11H2,1-2H3,(H,23,26). The van der Waals surface area contributed by atoms with Crippen molar-refractivity contribution in [3.05, 3.63) is 70.5 Å². The van der Waals surface area contributed by atoms with Crippen LogP contribution in [0.15, 0.2) is 53.6 Å². The van der Waals surface area contributed by atoms with Gasteiger partial charge >= 0.3 is 0 Å². The van der Waals surface area contributed by atoms with Crippen LogP contribution in [0, 0.1) is 5.82 Å². The van der Waals surface area contributed by atoms with E-state index >= 15 is 0 Å². The summed E-state index contributed by atoms with van der Waals surface area (Å²) in [5, 5.41) is 2.80. The summed E-state index contributed by atoms with van der Waals surface area (Å²) in [6.07, 6.45) is 1.54. The molecule has 144 valence electrons. The van der Waals surface area contributed by atoms with E-state index in [4.69, 9.17) is 0 Å². The SMILES string of the molecule is CN(C)C(=O)Cc1ccc(NC(=O)Cn2cnc3ccc(F)cc3c2=O)cc1. The number of aromatic nitrogens is 2. The van der Waals surface area contributed by atoms with Gasteiger partial charge in [-0.05, 0) is 35.9 Å². The third-order valence-electron chi connectivity index (χ3n) is 4.19. The van der Waals surface area contributed by atoms with Crippen molar-refractivity contribution in [3.63, 3.8) is 0 Å². The molecule has 0 radical (unpaired) electrons. The molecule has 8 heteroatoms. The Balaban J connectivity index is 1.69. The van der Waals surface area contributed by atoms with E-state index in [1.807, 2.05) is 0 Å². The number of fused-ring (bicyclic) bond motifs is 1. The number of nitrogens with one attached hydrogen (secondary N) is 1. The van der Waals surface area contributed by atoms with Crippen LogP contribution in [0.3, 0.4) is 0 Å². The number of likely N-dealkylation sites (N-methyl/N-ethyl adjacent to an activating group) is 1. The molecule has 0 bridgehead atoms. The van der Waals surface area contributed by atoms with Crippen LogP contribution in [0.1, 0.15) is 5.56 Å². The Morgan fingerprint density at radius 1 is 1.14 bits per heavy atom. The molecule has 28 heavy (non-hydrogen) atoms. The lowest BCUT2D eigenvalue weighted by Crippen LogP contribution is -2.28. The normalized spacial score (nSPS) is 10.7. The number of rotatable bonds is 5. The molecule has 2 amide bonds. The summed E-state index contributed by atoms with van der Waals surface area (Å²) in [5.41, 5.74) is 1.25. The predicted molar refractivity (Wildman–Crippen MR) is 103 cm³/mol. The Morgan fingerprint density at radius 3 is 2.54 bits per heavy atom. The van der Waals surface area contributed by atoms with Gasteiger partial charge in [-0.3, -0.25) is 19.0 Å². The van der Waals surface area contributed by atoms with Crippen LogP contribution in [0.2, 0.25) is 0 Å². The van der Waals surface area contributed by atoms with Crippen LogP contribution in [0.5, 0.6) is 0 Å². The lowest BCUT2D eigenvalue weighted by molar-refractivity contribution is -0.128. The number of nitrogens with zero attached hydrogens (tertiary/aromatic N) is 3. The Bertz CT molecular complexity index is 1090. The summed E-state index contributed by atoms with van der Waals surface area (Å²) >= 11 is 0. The van der Waals surface area contributed by atoms with E-state index in [2.05, 4.69) is 10.3 Å². The van der Waals surface area contributed by atoms with E-state index in [9.17, 15) is 18.8 Å². The van der Waals surface area contributed by atoms with Gasteiger partial charge in [-0.25, -0.2) is 9.37 Å². The molecular weight excluding hydrogens is 363 g/mol. The summed E-state index contributed by atoms with van der Waals surface area (Å²) in [6.45, 7) is -0.251. The third-order valence-corrected chi connectivity index (χ3v) is 4.19. The molecule has 0 atom stereocenters. The number of hydrogen-bond donors (Lipinski definition) is 1. The first-order valence-corrected chi connectivity index (χ1v) is 8.57. The number of hydrogen-bond acceptors (Lipinski definition) is 4. The van der Waals surface area contributed by atoms with Crippen molar-refractivity contribution in [2.24, 2.45) is 0 Å². The zero-order chi connectivity index (χ0) is 20.3. The highest BCUT2D eigenvalue weighted by Crippen LogP contribution is 2.11. The van der Waals surface area contributed by atoms with Gasteiger partial charge in [0.05, 0.1) is 23.7 Å². The lowest BCUT2D eigenvalue weighted by Gasteiger charge is -2.11. The number of anilines is 1. The molecule has 0 fully saturated rings. The first-order valence-electron chi connectivity index (χ1n) is 8.57. The van der Waals surface area contributed by atoms with Crippen LogP contribution in [-0.4, -0.2) is 40.4 Å². The van der Waals surface area contributed by atoms with Crippen LogP contribution in [0.4, 0.5) is 10.1 Å². The fourth-order valence-corrected chi connectivity index (χ4v) is 2.64. The highest BCUT2D eigenvalue weighted by atomic mass is 19.1. The number of carbonyl (C=O) groups excluding carboxylic acids is 2. The molecule has 0 saturated carbocycles. The maximum Gasteiger partial charge on any atom is 0.261 e. The molecule has 0 unspecified atom stereocenters. The Morgan fingerprint density at radius 2 is 1.86 bits per heavy atom. The Kier molecular flexibility index (Phi) is 5.49. The van der Waals surface area contributed by atoms with Crippen molar-refractivity contribution in [2.75, 3.05) is 19.4 Å². The zero-order valence-electron chi connectivity index (χ0n) is 15.5. The molecule has 0 aliphatic rings. The monoisotopic (exact) mass is 382 g/mol. The maximum atomic E-state index is 13.4.